The number of carbonyl (C=O) groups is 1. The Bertz CT molecular complexity index is 899. The molecule has 1 atom stereocenters. The van der Waals surface area contributed by atoms with Crippen molar-refractivity contribution < 1.29 is 9.21 Å². The summed E-state index contributed by atoms with van der Waals surface area (Å²) in [4.78, 5) is 17.0. The lowest BCUT2D eigenvalue weighted by molar-refractivity contribution is -0.121. The van der Waals surface area contributed by atoms with Crippen molar-refractivity contribution in [2.24, 2.45) is 0 Å². The van der Waals surface area contributed by atoms with Crippen LogP contribution in [-0.4, -0.2) is 10.9 Å². The topological polar surface area (TPSA) is 55.1 Å². The summed E-state index contributed by atoms with van der Waals surface area (Å²) < 4.78 is 5.74. The number of benzene rings is 2. The lowest BCUT2D eigenvalue weighted by atomic mass is 10.1. The summed E-state index contributed by atoms with van der Waals surface area (Å²) in [6, 6.07) is 18.1. The molecule has 0 spiro atoms. The van der Waals surface area contributed by atoms with E-state index < -0.39 is 0 Å². The highest BCUT2D eigenvalue weighted by atomic mass is 16.4. The van der Waals surface area contributed by atoms with Gasteiger partial charge in [-0.2, -0.15) is 0 Å². The number of nitrogens with one attached hydrogen (secondary N) is 1. The smallest absolute Gasteiger partial charge is 0.226 e. The maximum Gasteiger partial charge on any atom is 0.226 e. The zero-order valence-corrected chi connectivity index (χ0v) is 14.2. The van der Waals surface area contributed by atoms with Crippen molar-refractivity contribution in [1.82, 2.24) is 10.3 Å². The van der Waals surface area contributed by atoms with Crippen molar-refractivity contribution in [1.29, 1.82) is 0 Å². The van der Waals surface area contributed by atoms with E-state index in [1.54, 1.807) is 0 Å². The Morgan fingerprint density at radius 3 is 2.76 bits per heavy atom. The summed E-state index contributed by atoms with van der Waals surface area (Å²) >= 11 is 0. The van der Waals surface area contributed by atoms with Crippen LogP contribution < -0.4 is 5.32 Å². The maximum absolute atomic E-state index is 12.5. The molecule has 3 aromatic rings. The first kappa shape index (κ1) is 15.6. The molecule has 0 saturated heterocycles. The van der Waals surface area contributed by atoms with Gasteiger partial charge in [0, 0.05) is 5.56 Å². The fourth-order valence-corrected chi connectivity index (χ4v) is 3.40. The van der Waals surface area contributed by atoms with Gasteiger partial charge in [0.1, 0.15) is 5.76 Å². The molecule has 0 saturated carbocycles. The van der Waals surface area contributed by atoms with Crippen molar-refractivity contribution in [3.63, 3.8) is 0 Å². The minimum Gasteiger partial charge on any atom is -0.441 e. The number of oxazole rings is 1. The molecular formula is C21H20N2O2. The summed E-state index contributed by atoms with van der Waals surface area (Å²) in [6.07, 6.45) is 2.21. The van der Waals surface area contributed by atoms with Gasteiger partial charge >= 0.3 is 0 Å². The third kappa shape index (κ3) is 3.20. The number of nitrogens with zero attached hydrogens (tertiary/aromatic N) is 1. The first-order valence-corrected chi connectivity index (χ1v) is 8.59. The van der Waals surface area contributed by atoms with Gasteiger partial charge in [0.2, 0.25) is 11.8 Å². The molecule has 1 heterocycles. The molecule has 1 N–H and O–H groups in total. The molecule has 2 aromatic carbocycles. The van der Waals surface area contributed by atoms with Gasteiger partial charge in [-0.1, -0.05) is 42.5 Å². The molecule has 4 nitrogen and oxygen atoms in total. The predicted molar refractivity (Wildman–Crippen MR) is 96.0 cm³/mol. The number of aryl methyl sites for hydroxylation is 2. The Morgan fingerprint density at radius 1 is 1.16 bits per heavy atom. The van der Waals surface area contributed by atoms with Gasteiger partial charge in [-0.05, 0) is 43.0 Å². The van der Waals surface area contributed by atoms with Gasteiger partial charge in [-0.3, -0.25) is 4.79 Å². The largest absolute Gasteiger partial charge is 0.441 e. The summed E-state index contributed by atoms with van der Waals surface area (Å²) in [5.41, 5.74) is 4.18. The van der Waals surface area contributed by atoms with E-state index in [1.165, 1.54) is 11.1 Å². The van der Waals surface area contributed by atoms with Gasteiger partial charge in [-0.25, -0.2) is 4.98 Å². The molecule has 4 rings (SSSR count). The Kier molecular flexibility index (Phi) is 4.10. The fourth-order valence-electron chi connectivity index (χ4n) is 3.40. The van der Waals surface area contributed by atoms with Crippen molar-refractivity contribution in [2.75, 3.05) is 0 Å². The van der Waals surface area contributed by atoms with Crippen LogP contribution >= 0.6 is 0 Å². The predicted octanol–water partition coefficient (Wildman–Crippen LogP) is 4.00. The Balaban J connectivity index is 1.46. The number of fused-ring (bicyclic) bond motifs is 1. The van der Waals surface area contributed by atoms with E-state index in [4.69, 9.17) is 4.42 Å². The Hall–Kier alpha value is -2.88. The van der Waals surface area contributed by atoms with Crippen LogP contribution in [0.25, 0.3) is 11.5 Å². The number of rotatable bonds is 4. The van der Waals surface area contributed by atoms with Crippen LogP contribution in [0.5, 0.6) is 0 Å². The lowest BCUT2D eigenvalue weighted by Crippen LogP contribution is -2.28. The first-order valence-electron chi connectivity index (χ1n) is 8.59. The highest BCUT2D eigenvalue weighted by Gasteiger charge is 2.24. The van der Waals surface area contributed by atoms with Crippen LogP contribution in [-0.2, 0) is 17.6 Å². The molecule has 126 valence electrons. The van der Waals surface area contributed by atoms with Gasteiger partial charge in [-0.15, -0.1) is 0 Å². The minimum absolute atomic E-state index is 0.0160. The zero-order chi connectivity index (χ0) is 17.2. The molecule has 1 aromatic heterocycles. The van der Waals surface area contributed by atoms with Gasteiger partial charge in [0.05, 0.1) is 18.2 Å². The molecule has 0 unspecified atom stereocenters. The first-order chi connectivity index (χ1) is 12.2. The molecule has 4 heteroatoms. The molecular weight excluding hydrogens is 312 g/mol. The average Bonchev–Trinajstić information content (AvgIpc) is 3.20. The summed E-state index contributed by atoms with van der Waals surface area (Å²) in [7, 11) is 0. The SMILES string of the molecule is Cc1oc(-c2ccccc2)nc1CC(=O)N[C@@H]1CCc2ccccc21. The van der Waals surface area contributed by atoms with Crippen LogP contribution in [0.2, 0.25) is 0 Å². The van der Waals surface area contributed by atoms with Gasteiger partial charge < -0.3 is 9.73 Å². The highest BCUT2D eigenvalue weighted by molar-refractivity contribution is 5.79. The third-order valence-electron chi connectivity index (χ3n) is 4.71. The summed E-state index contributed by atoms with van der Waals surface area (Å²) in [5.74, 6) is 1.24. The van der Waals surface area contributed by atoms with Gasteiger partial charge in [0.25, 0.3) is 0 Å². The quantitative estimate of drug-likeness (QED) is 0.786. The van der Waals surface area contributed by atoms with E-state index >= 15 is 0 Å². The molecule has 0 bridgehead atoms. The Morgan fingerprint density at radius 2 is 1.92 bits per heavy atom. The van der Waals surface area contributed by atoms with E-state index in [-0.39, 0.29) is 18.4 Å². The molecule has 25 heavy (non-hydrogen) atoms. The monoisotopic (exact) mass is 332 g/mol. The van der Waals surface area contributed by atoms with E-state index in [2.05, 4.69) is 22.4 Å². The van der Waals surface area contributed by atoms with Crippen LogP contribution in [0.4, 0.5) is 0 Å². The van der Waals surface area contributed by atoms with Crippen molar-refractivity contribution in [2.45, 2.75) is 32.2 Å². The highest BCUT2D eigenvalue weighted by Crippen LogP contribution is 2.30. The number of amides is 1. The van der Waals surface area contributed by atoms with Crippen molar-refractivity contribution in [3.8, 4) is 11.5 Å². The van der Waals surface area contributed by atoms with E-state index in [1.807, 2.05) is 49.4 Å². The number of carbonyl (C=O) groups excluding carboxylic acids is 1. The van der Waals surface area contributed by atoms with Crippen LogP contribution in [0, 0.1) is 6.92 Å². The Labute approximate surface area is 146 Å². The minimum atomic E-state index is -0.0160. The molecule has 0 aliphatic heterocycles. The lowest BCUT2D eigenvalue weighted by Gasteiger charge is -2.13. The molecule has 1 amide bonds. The summed E-state index contributed by atoms with van der Waals surface area (Å²) in [5, 5.41) is 3.14. The molecule has 1 aliphatic rings. The molecule has 1 aliphatic carbocycles. The standard InChI is InChI=1S/C21H20N2O2/c1-14-19(23-21(25-14)16-8-3-2-4-9-16)13-20(24)22-18-12-11-15-7-5-6-10-17(15)18/h2-10,18H,11-13H2,1H3,(H,22,24)/t18-/m1/s1. The maximum atomic E-state index is 12.5. The second-order valence-corrected chi connectivity index (χ2v) is 6.42. The average molecular weight is 332 g/mol. The van der Waals surface area contributed by atoms with E-state index in [0.29, 0.717) is 17.3 Å². The van der Waals surface area contributed by atoms with Crippen molar-refractivity contribution in [3.05, 3.63) is 77.2 Å². The molecule has 0 radical (unpaired) electrons. The number of hydrogen-bond acceptors (Lipinski definition) is 3. The van der Waals surface area contributed by atoms with Crippen LogP contribution in [0.1, 0.15) is 35.0 Å². The van der Waals surface area contributed by atoms with E-state index in [9.17, 15) is 4.79 Å². The summed E-state index contributed by atoms with van der Waals surface area (Å²) in [6.45, 7) is 1.85. The zero-order valence-electron chi connectivity index (χ0n) is 14.2. The van der Waals surface area contributed by atoms with Crippen LogP contribution in [0.15, 0.2) is 59.0 Å². The number of hydrogen-bond donors (Lipinski definition) is 1. The third-order valence-corrected chi connectivity index (χ3v) is 4.71. The number of aromatic nitrogens is 1. The van der Waals surface area contributed by atoms with Gasteiger partial charge in [0.15, 0.2) is 0 Å². The fraction of sp³-hybridized carbons (Fsp3) is 0.238. The second-order valence-electron chi connectivity index (χ2n) is 6.42. The normalized spacial score (nSPS) is 15.8. The van der Waals surface area contributed by atoms with E-state index in [0.717, 1.165) is 18.4 Å². The molecule has 0 fully saturated rings. The van der Waals surface area contributed by atoms with Crippen molar-refractivity contribution >= 4 is 5.91 Å². The van der Waals surface area contributed by atoms with Crippen LogP contribution in [0.3, 0.4) is 0 Å². The second kappa shape index (κ2) is 6.55.